The van der Waals surface area contributed by atoms with Crippen LogP contribution in [0.5, 0.6) is 5.75 Å². The first kappa shape index (κ1) is 13.3. The maximum atomic E-state index is 11.3. The van der Waals surface area contributed by atoms with Gasteiger partial charge in [0.25, 0.3) is 0 Å². The number of carbonyl (C=O) groups is 1. The summed E-state index contributed by atoms with van der Waals surface area (Å²) in [7, 11) is 1.32. The number of hydrogen-bond donors (Lipinski definition) is 2. The highest BCUT2D eigenvalue weighted by Gasteiger charge is 2.09. The number of esters is 1. The third kappa shape index (κ3) is 3.96. The van der Waals surface area contributed by atoms with E-state index in [4.69, 9.17) is 15.6 Å². The van der Waals surface area contributed by atoms with Gasteiger partial charge in [0.2, 0.25) is 0 Å². The van der Waals surface area contributed by atoms with E-state index in [1.54, 1.807) is 18.2 Å². The Bertz CT molecular complexity index is 379. The van der Waals surface area contributed by atoms with E-state index in [1.165, 1.54) is 7.11 Å². The molecule has 1 aromatic rings. The molecule has 1 aromatic carbocycles. The number of methoxy groups -OCH3 is 1. The number of nitrogen functional groups attached to an aromatic ring is 1. The van der Waals surface area contributed by atoms with Crippen LogP contribution in [0, 0.1) is 0 Å². The van der Waals surface area contributed by atoms with Crippen LogP contribution in [0.15, 0.2) is 18.2 Å². The van der Waals surface area contributed by atoms with Gasteiger partial charge in [0.1, 0.15) is 5.75 Å². The predicted molar refractivity (Wildman–Crippen MR) is 64.0 cm³/mol. The topological polar surface area (TPSA) is 81.8 Å². The van der Waals surface area contributed by atoms with Crippen LogP contribution in [-0.4, -0.2) is 31.4 Å². The van der Waals surface area contributed by atoms with Gasteiger partial charge in [-0.1, -0.05) is 0 Å². The molecular weight excluding hydrogens is 222 g/mol. The Morgan fingerprint density at radius 3 is 2.82 bits per heavy atom. The number of carbonyl (C=O) groups excluding carboxylic acids is 1. The number of hydrogen-bond acceptors (Lipinski definition) is 5. The smallest absolute Gasteiger partial charge is 0.337 e. The van der Waals surface area contributed by atoms with Crippen molar-refractivity contribution in [1.82, 2.24) is 0 Å². The number of unbranched alkanes of at least 4 members (excludes halogenated alkanes) is 1. The van der Waals surface area contributed by atoms with Crippen LogP contribution in [0.3, 0.4) is 0 Å². The van der Waals surface area contributed by atoms with Gasteiger partial charge < -0.3 is 20.3 Å². The molecule has 3 N–H and O–H groups in total. The van der Waals surface area contributed by atoms with Crippen molar-refractivity contribution in [1.29, 1.82) is 0 Å². The highest BCUT2D eigenvalue weighted by molar-refractivity contribution is 5.90. The molecule has 0 aliphatic rings. The van der Waals surface area contributed by atoms with Gasteiger partial charge in [0, 0.05) is 6.61 Å². The number of rotatable bonds is 6. The Morgan fingerprint density at radius 1 is 1.41 bits per heavy atom. The fourth-order valence-electron chi connectivity index (χ4n) is 1.30. The number of aliphatic hydroxyl groups excluding tert-OH is 1. The number of nitrogens with two attached hydrogens (primary N) is 1. The number of anilines is 1. The first-order valence-electron chi connectivity index (χ1n) is 5.40. The predicted octanol–water partition coefficient (Wildman–Crippen LogP) is 1.21. The highest BCUT2D eigenvalue weighted by atomic mass is 16.5. The zero-order chi connectivity index (χ0) is 12.7. The minimum atomic E-state index is -0.426. The monoisotopic (exact) mass is 239 g/mol. The fraction of sp³-hybridized carbons (Fsp3) is 0.417. The van der Waals surface area contributed by atoms with Gasteiger partial charge in [-0.2, -0.15) is 0 Å². The Morgan fingerprint density at radius 2 is 2.18 bits per heavy atom. The lowest BCUT2D eigenvalue weighted by Gasteiger charge is -2.09. The Labute approximate surface area is 100 Å². The molecule has 1 rings (SSSR count). The Balaban J connectivity index is 2.66. The molecule has 0 saturated carbocycles. The van der Waals surface area contributed by atoms with Crippen molar-refractivity contribution < 1.29 is 19.4 Å². The normalized spacial score (nSPS) is 10.0. The van der Waals surface area contributed by atoms with Crippen LogP contribution >= 0.6 is 0 Å². The first-order chi connectivity index (χ1) is 8.19. The van der Waals surface area contributed by atoms with E-state index >= 15 is 0 Å². The van der Waals surface area contributed by atoms with Crippen molar-refractivity contribution in [2.75, 3.05) is 26.1 Å². The van der Waals surface area contributed by atoms with Crippen molar-refractivity contribution >= 4 is 11.7 Å². The SMILES string of the molecule is COC(=O)c1ccc(N)c(OCCCCO)c1. The second kappa shape index (κ2) is 6.75. The van der Waals surface area contributed by atoms with Crippen LogP contribution < -0.4 is 10.5 Å². The van der Waals surface area contributed by atoms with Crippen molar-refractivity contribution in [2.45, 2.75) is 12.8 Å². The summed E-state index contributed by atoms with van der Waals surface area (Å²) in [6.45, 7) is 0.594. The largest absolute Gasteiger partial charge is 0.491 e. The third-order valence-electron chi connectivity index (χ3n) is 2.24. The van der Waals surface area contributed by atoms with Gasteiger partial charge in [-0.3, -0.25) is 0 Å². The van der Waals surface area contributed by atoms with E-state index in [0.29, 0.717) is 30.0 Å². The standard InChI is InChI=1S/C12H17NO4/c1-16-12(15)9-4-5-10(13)11(8-9)17-7-3-2-6-14/h4-5,8,14H,2-3,6-7,13H2,1H3. The lowest BCUT2D eigenvalue weighted by molar-refractivity contribution is 0.0600. The quantitative estimate of drug-likeness (QED) is 0.443. The van der Waals surface area contributed by atoms with Crippen molar-refractivity contribution in [3.63, 3.8) is 0 Å². The van der Waals surface area contributed by atoms with Gasteiger partial charge >= 0.3 is 5.97 Å². The van der Waals surface area contributed by atoms with Crippen LogP contribution in [0.1, 0.15) is 23.2 Å². The summed E-state index contributed by atoms with van der Waals surface area (Å²) in [6, 6.07) is 4.75. The first-order valence-corrected chi connectivity index (χ1v) is 5.40. The molecule has 0 saturated heterocycles. The van der Waals surface area contributed by atoms with Gasteiger partial charge in [-0.05, 0) is 31.0 Å². The molecule has 0 unspecified atom stereocenters. The molecule has 0 fully saturated rings. The minimum Gasteiger partial charge on any atom is -0.491 e. The lowest BCUT2D eigenvalue weighted by atomic mass is 10.2. The molecular formula is C12H17NO4. The average Bonchev–Trinajstić information content (AvgIpc) is 2.35. The summed E-state index contributed by atoms with van der Waals surface area (Å²) in [5.74, 6) is 0.0380. The van der Waals surface area contributed by atoms with Gasteiger partial charge in [0.15, 0.2) is 0 Å². The zero-order valence-electron chi connectivity index (χ0n) is 9.81. The van der Waals surface area contributed by atoms with Crippen LogP contribution in [0.25, 0.3) is 0 Å². The molecule has 0 heterocycles. The van der Waals surface area contributed by atoms with Gasteiger partial charge in [-0.25, -0.2) is 4.79 Å². The zero-order valence-corrected chi connectivity index (χ0v) is 9.81. The summed E-state index contributed by atoms with van der Waals surface area (Å²) in [6.07, 6.45) is 1.41. The molecule has 5 nitrogen and oxygen atoms in total. The summed E-state index contributed by atoms with van der Waals surface area (Å²) in [5, 5.41) is 8.63. The molecule has 0 radical (unpaired) electrons. The highest BCUT2D eigenvalue weighted by Crippen LogP contribution is 2.23. The molecule has 0 aliphatic carbocycles. The lowest BCUT2D eigenvalue weighted by Crippen LogP contribution is -2.05. The van der Waals surface area contributed by atoms with Crippen molar-refractivity contribution in [3.05, 3.63) is 23.8 Å². The molecule has 94 valence electrons. The molecule has 17 heavy (non-hydrogen) atoms. The molecule has 0 spiro atoms. The molecule has 0 atom stereocenters. The second-order valence-corrected chi connectivity index (χ2v) is 3.52. The third-order valence-corrected chi connectivity index (χ3v) is 2.24. The number of benzene rings is 1. The number of aliphatic hydroxyl groups is 1. The molecule has 0 bridgehead atoms. The Hall–Kier alpha value is -1.75. The summed E-state index contributed by atoms with van der Waals surface area (Å²) < 4.78 is 10.0. The van der Waals surface area contributed by atoms with E-state index in [0.717, 1.165) is 6.42 Å². The number of ether oxygens (including phenoxy) is 2. The van der Waals surface area contributed by atoms with Crippen LogP contribution in [0.4, 0.5) is 5.69 Å². The average molecular weight is 239 g/mol. The van der Waals surface area contributed by atoms with Gasteiger partial charge in [0.05, 0.1) is 25.0 Å². The van der Waals surface area contributed by atoms with Gasteiger partial charge in [-0.15, -0.1) is 0 Å². The van der Waals surface area contributed by atoms with Crippen molar-refractivity contribution in [3.8, 4) is 5.75 Å². The van der Waals surface area contributed by atoms with Crippen LogP contribution in [-0.2, 0) is 4.74 Å². The molecule has 0 aliphatic heterocycles. The van der Waals surface area contributed by atoms with Crippen LogP contribution in [0.2, 0.25) is 0 Å². The maximum absolute atomic E-state index is 11.3. The molecule has 0 amide bonds. The van der Waals surface area contributed by atoms with E-state index in [9.17, 15) is 4.79 Å². The fourth-order valence-corrected chi connectivity index (χ4v) is 1.30. The van der Waals surface area contributed by atoms with E-state index in [2.05, 4.69) is 4.74 Å². The second-order valence-electron chi connectivity index (χ2n) is 3.52. The molecule has 0 aromatic heterocycles. The Kier molecular flexibility index (Phi) is 5.29. The van der Waals surface area contributed by atoms with E-state index < -0.39 is 5.97 Å². The summed E-state index contributed by atoms with van der Waals surface area (Å²) in [4.78, 5) is 11.3. The summed E-state index contributed by atoms with van der Waals surface area (Å²) >= 11 is 0. The van der Waals surface area contributed by atoms with E-state index in [1.807, 2.05) is 0 Å². The summed E-state index contributed by atoms with van der Waals surface area (Å²) in [5.41, 5.74) is 6.59. The van der Waals surface area contributed by atoms with Crippen molar-refractivity contribution in [2.24, 2.45) is 0 Å². The molecule has 5 heteroatoms. The maximum Gasteiger partial charge on any atom is 0.337 e. The van der Waals surface area contributed by atoms with E-state index in [-0.39, 0.29) is 6.61 Å². The minimum absolute atomic E-state index is 0.140.